The molecule has 0 N–H and O–H groups in total. The molecule has 0 radical (unpaired) electrons. The Balaban J connectivity index is 0.000000202. The van der Waals surface area contributed by atoms with Crippen molar-refractivity contribution in [1.82, 2.24) is 4.98 Å². The lowest BCUT2D eigenvalue weighted by Crippen LogP contribution is -2.03. The van der Waals surface area contributed by atoms with Crippen LogP contribution in [0.5, 0.6) is 11.5 Å². The first-order valence-corrected chi connectivity index (χ1v) is 12.1. The zero-order valence-electron chi connectivity index (χ0n) is 21.1. The van der Waals surface area contributed by atoms with Crippen molar-refractivity contribution in [2.75, 3.05) is 0 Å². The molecule has 0 aliphatic rings. The van der Waals surface area contributed by atoms with Gasteiger partial charge in [-0.3, -0.25) is 9.78 Å². The van der Waals surface area contributed by atoms with E-state index >= 15 is 0 Å². The van der Waals surface area contributed by atoms with E-state index in [9.17, 15) is 4.79 Å². The quantitative estimate of drug-likeness (QED) is 0.208. The largest absolute Gasteiger partial charge is 0.457 e. The van der Waals surface area contributed by atoms with Crippen LogP contribution in [0.3, 0.4) is 0 Å². The highest BCUT2D eigenvalue weighted by Crippen LogP contribution is 2.27. The van der Waals surface area contributed by atoms with E-state index in [1.54, 1.807) is 19.2 Å². The van der Waals surface area contributed by atoms with Gasteiger partial charge in [0, 0.05) is 35.5 Å². The van der Waals surface area contributed by atoms with Crippen LogP contribution in [0.15, 0.2) is 97.8 Å². The molecule has 1 heterocycles. The molecular weight excluding hydrogens is 442 g/mol. The topological polar surface area (TPSA) is 39.2 Å². The third-order valence-electron chi connectivity index (χ3n) is 5.44. The Hall–Kier alpha value is -4.42. The van der Waals surface area contributed by atoms with Crippen molar-refractivity contribution < 1.29 is 9.53 Å². The number of pyridine rings is 1. The number of ketones is 1. The van der Waals surface area contributed by atoms with Gasteiger partial charge in [-0.15, -0.1) is 0 Å². The lowest BCUT2D eigenvalue weighted by atomic mass is 9.91. The Morgan fingerprint density at radius 1 is 0.944 bits per heavy atom. The minimum Gasteiger partial charge on any atom is -0.457 e. The molecule has 4 aromatic rings. The van der Waals surface area contributed by atoms with Crippen molar-refractivity contribution in [2.24, 2.45) is 0 Å². The summed E-state index contributed by atoms with van der Waals surface area (Å²) in [6.45, 7) is 9.52. The lowest BCUT2D eigenvalue weighted by molar-refractivity contribution is 0.101. The number of benzene rings is 3. The van der Waals surface area contributed by atoms with E-state index in [2.05, 4.69) is 36.4 Å². The van der Waals surface area contributed by atoms with Gasteiger partial charge in [0.25, 0.3) is 0 Å². The molecule has 0 aliphatic heterocycles. The number of hydrogen-bond acceptors (Lipinski definition) is 3. The van der Waals surface area contributed by atoms with Gasteiger partial charge in [-0.25, -0.2) is 0 Å². The molecule has 3 nitrogen and oxygen atoms in total. The maximum atomic E-state index is 11.8. The molecular formula is C33H31NO2. The Morgan fingerprint density at radius 3 is 2.25 bits per heavy atom. The summed E-state index contributed by atoms with van der Waals surface area (Å²) in [4.78, 5) is 15.9. The van der Waals surface area contributed by atoms with Gasteiger partial charge in [0.2, 0.25) is 0 Å². The Labute approximate surface area is 214 Å². The second-order valence-electron chi connectivity index (χ2n) is 8.05. The first kappa shape index (κ1) is 26.2. The summed E-state index contributed by atoms with van der Waals surface area (Å²) in [5, 5.41) is 0. The molecule has 36 heavy (non-hydrogen) atoms. The van der Waals surface area contributed by atoms with Crippen molar-refractivity contribution in [2.45, 2.75) is 33.6 Å². The maximum absolute atomic E-state index is 11.8. The van der Waals surface area contributed by atoms with Crippen molar-refractivity contribution in [3.63, 3.8) is 0 Å². The third kappa shape index (κ3) is 7.29. The van der Waals surface area contributed by atoms with E-state index in [-0.39, 0.29) is 5.78 Å². The number of aromatic nitrogens is 1. The van der Waals surface area contributed by atoms with Crippen LogP contribution in [0.25, 0.3) is 17.2 Å². The van der Waals surface area contributed by atoms with Crippen molar-refractivity contribution in [3.8, 4) is 34.5 Å². The predicted octanol–water partition coefficient (Wildman–Crippen LogP) is 8.40. The lowest BCUT2D eigenvalue weighted by Gasteiger charge is -2.12. The highest BCUT2D eigenvalue weighted by Gasteiger charge is 2.12. The van der Waals surface area contributed by atoms with Gasteiger partial charge >= 0.3 is 0 Å². The average molecular weight is 474 g/mol. The molecule has 0 bridgehead atoms. The zero-order valence-corrected chi connectivity index (χ0v) is 21.1. The van der Waals surface area contributed by atoms with Crippen LogP contribution in [0.2, 0.25) is 0 Å². The number of carbonyl (C=O) groups excluding carboxylic acids is 1. The maximum Gasteiger partial charge on any atom is 0.160 e. The summed E-state index contributed by atoms with van der Waals surface area (Å²) in [6.07, 6.45) is 7.03. The number of hydrogen-bond donors (Lipinski definition) is 0. The van der Waals surface area contributed by atoms with Crippen LogP contribution < -0.4 is 4.74 Å². The van der Waals surface area contributed by atoms with Gasteiger partial charge in [-0.05, 0) is 78.6 Å². The predicted molar refractivity (Wildman–Crippen MR) is 149 cm³/mol. The Bertz CT molecular complexity index is 1350. The van der Waals surface area contributed by atoms with Crippen LogP contribution in [0.1, 0.15) is 54.2 Å². The van der Waals surface area contributed by atoms with Crippen molar-refractivity contribution in [3.05, 3.63) is 120 Å². The van der Waals surface area contributed by atoms with Crippen LogP contribution in [-0.2, 0) is 6.42 Å². The summed E-state index contributed by atoms with van der Waals surface area (Å²) >= 11 is 0. The first-order chi connectivity index (χ1) is 17.5. The standard InChI is InChI=1S/C17H17NO.C16H14O/c1-4-13-9-16(15-7-6-8-18-11-15)10-14(5-2)17(13)12(3)19;1-2-3-7-14-10-12-16(13-11-14)17-15-8-5-4-6-9-15/h4,6-11H,1,5H2,2-3H3;4-6,8-13H,2H2,1H3. The summed E-state index contributed by atoms with van der Waals surface area (Å²) in [5.74, 6) is 7.89. The van der Waals surface area contributed by atoms with E-state index in [1.165, 1.54) is 0 Å². The zero-order chi connectivity index (χ0) is 25.8. The van der Waals surface area contributed by atoms with E-state index in [0.29, 0.717) is 0 Å². The second-order valence-corrected chi connectivity index (χ2v) is 8.05. The second kappa shape index (κ2) is 13.5. The fraction of sp³-hybridized carbons (Fsp3) is 0.152. The molecule has 1 aromatic heterocycles. The third-order valence-corrected chi connectivity index (χ3v) is 5.44. The monoisotopic (exact) mass is 473 g/mol. The molecule has 3 heteroatoms. The number of aryl methyl sites for hydroxylation is 1. The van der Waals surface area contributed by atoms with Gasteiger partial charge in [0.05, 0.1) is 0 Å². The molecule has 0 saturated carbocycles. The van der Waals surface area contributed by atoms with Crippen molar-refractivity contribution >= 4 is 11.9 Å². The van der Waals surface area contributed by atoms with E-state index in [0.717, 1.165) is 57.7 Å². The molecule has 0 saturated heterocycles. The van der Waals surface area contributed by atoms with E-state index < -0.39 is 0 Å². The fourth-order valence-corrected chi connectivity index (χ4v) is 3.72. The molecule has 0 spiro atoms. The van der Waals surface area contributed by atoms with Gasteiger partial charge < -0.3 is 4.74 Å². The van der Waals surface area contributed by atoms with Gasteiger partial charge in [0.1, 0.15) is 11.5 Å². The SMILES string of the molecule is C=Cc1cc(-c2cccnc2)cc(CC)c1C(C)=O.CCC#Cc1ccc(Oc2ccccc2)cc1. The molecule has 0 fully saturated rings. The summed E-state index contributed by atoms with van der Waals surface area (Å²) < 4.78 is 5.69. The minimum atomic E-state index is 0.0875. The minimum absolute atomic E-state index is 0.0875. The molecule has 0 aliphatic carbocycles. The number of ether oxygens (including phenoxy) is 1. The number of carbonyl (C=O) groups is 1. The summed E-state index contributed by atoms with van der Waals surface area (Å²) in [5.41, 5.74) is 5.88. The van der Waals surface area contributed by atoms with Gasteiger partial charge in [-0.2, -0.15) is 0 Å². The van der Waals surface area contributed by atoms with Gasteiger partial charge in [-0.1, -0.05) is 68.7 Å². The highest BCUT2D eigenvalue weighted by atomic mass is 16.5. The van der Waals surface area contributed by atoms with Gasteiger partial charge in [0.15, 0.2) is 5.78 Å². The number of Topliss-reactive ketones (excluding diaryl/α,β-unsaturated/α-hetero) is 1. The number of para-hydroxylation sites is 1. The Morgan fingerprint density at radius 2 is 1.67 bits per heavy atom. The van der Waals surface area contributed by atoms with Crippen LogP contribution >= 0.6 is 0 Å². The average Bonchev–Trinajstić information content (AvgIpc) is 2.93. The molecule has 3 aromatic carbocycles. The smallest absolute Gasteiger partial charge is 0.160 e. The molecule has 0 amide bonds. The molecule has 0 unspecified atom stereocenters. The first-order valence-electron chi connectivity index (χ1n) is 12.1. The summed E-state index contributed by atoms with van der Waals surface area (Å²) in [6, 6.07) is 25.6. The van der Waals surface area contributed by atoms with Crippen LogP contribution in [0, 0.1) is 11.8 Å². The summed E-state index contributed by atoms with van der Waals surface area (Å²) in [7, 11) is 0. The number of nitrogens with zero attached hydrogens (tertiary/aromatic N) is 1. The molecule has 180 valence electrons. The number of rotatable bonds is 6. The van der Waals surface area contributed by atoms with Crippen LogP contribution in [0.4, 0.5) is 0 Å². The normalized spacial score (nSPS) is 9.75. The molecule has 0 atom stereocenters. The molecule has 4 rings (SSSR count). The highest BCUT2D eigenvalue weighted by molar-refractivity contribution is 6.00. The Kier molecular flexibility index (Phi) is 9.79. The fourth-order valence-electron chi connectivity index (χ4n) is 3.72. The van der Waals surface area contributed by atoms with E-state index in [1.807, 2.05) is 85.9 Å². The van der Waals surface area contributed by atoms with E-state index in [4.69, 9.17) is 4.74 Å². The van der Waals surface area contributed by atoms with Crippen molar-refractivity contribution in [1.29, 1.82) is 0 Å². The van der Waals surface area contributed by atoms with Crippen LogP contribution in [-0.4, -0.2) is 10.8 Å².